The van der Waals surface area contributed by atoms with Gasteiger partial charge in [-0.1, -0.05) is 35.0 Å². The van der Waals surface area contributed by atoms with Gasteiger partial charge in [-0.2, -0.15) is 0 Å². The summed E-state index contributed by atoms with van der Waals surface area (Å²) in [5.41, 5.74) is 2.79. The Hall–Kier alpha value is -2.73. The van der Waals surface area contributed by atoms with Crippen LogP contribution < -0.4 is 10.5 Å². The molecule has 0 N–H and O–H groups in total. The zero-order valence-corrected chi connectivity index (χ0v) is 16.7. The summed E-state index contributed by atoms with van der Waals surface area (Å²) in [4.78, 5) is 32.1. The van der Waals surface area contributed by atoms with Crippen molar-refractivity contribution in [2.75, 3.05) is 11.4 Å². The summed E-state index contributed by atoms with van der Waals surface area (Å²) in [6, 6.07) is 13.1. The summed E-state index contributed by atoms with van der Waals surface area (Å²) >= 11 is 3.49. The molecule has 3 aromatic rings. The number of hydrogen-bond acceptors (Lipinski definition) is 3. The Kier molecular flexibility index (Phi) is 4.44. The Morgan fingerprint density at radius 1 is 1.15 bits per heavy atom. The van der Waals surface area contributed by atoms with Crippen molar-refractivity contribution in [3.8, 4) is 0 Å². The van der Waals surface area contributed by atoms with Crippen LogP contribution in [0.5, 0.6) is 0 Å². The molecule has 6 heteroatoms. The number of carbonyl (C=O) groups excluding carboxylic acids is 1. The number of carbonyl (C=O) groups is 1. The van der Waals surface area contributed by atoms with Gasteiger partial charge in [0.1, 0.15) is 5.82 Å². The molecule has 2 heterocycles. The summed E-state index contributed by atoms with van der Waals surface area (Å²) in [5.74, 6) is 0.402. The van der Waals surface area contributed by atoms with Crippen molar-refractivity contribution in [1.29, 1.82) is 0 Å². The van der Waals surface area contributed by atoms with Crippen molar-refractivity contribution < 1.29 is 4.79 Å². The fraction of sp³-hybridized carbons (Fsp3) is 0.190. The predicted octanol–water partition coefficient (Wildman–Crippen LogP) is 3.99. The third-order valence-electron chi connectivity index (χ3n) is 4.75. The number of amides is 1. The van der Waals surface area contributed by atoms with Crippen LogP contribution in [-0.2, 0) is 11.8 Å². The number of aromatic nitrogens is 2. The molecule has 0 bridgehead atoms. The number of halogens is 1. The largest absolute Gasteiger partial charge is 0.308 e. The molecule has 0 saturated heterocycles. The highest BCUT2D eigenvalue weighted by Crippen LogP contribution is 2.39. The Labute approximate surface area is 165 Å². The van der Waals surface area contributed by atoms with Gasteiger partial charge >= 0.3 is 0 Å². The molecule has 4 rings (SSSR count). The third kappa shape index (κ3) is 2.90. The van der Waals surface area contributed by atoms with E-state index in [1.165, 1.54) is 4.57 Å². The van der Waals surface area contributed by atoms with Crippen LogP contribution in [0.1, 0.15) is 24.7 Å². The number of rotatable bonds is 3. The van der Waals surface area contributed by atoms with Gasteiger partial charge < -0.3 is 4.90 Å². The van der Waals surface area contributed by atoms with E-state index in [2.05, 4.69) is 20.9 Å². The Balaban J connectivity index is 1.94. The van der Waals surface area contributed by atoms with Crippen molar-refractivity contribution in [3.05, 3.63) is 68.7 Å². The van der Waals surface area contributed by atoms with Crippen molar-refractivity contribution in [3.63, 3.8) is 0 Å². The summed E-state index contributed by atoms with van der Waals surface area (Å²) in [5, 5.41) is 0.565. The Bertz CT molecular complexity index is 1160. The van der Waals surface area contributed by atoms with Gasteiger partial charge in [0, 0.05) is 23.6 Å². The van der Waals surface area contributed by atoms with Gasteiger partial charge in [0.25, 0.3) is 11.5 Å². The number of anilines is 1. The topological polar surface area (TPSA) is 55.2 Å². The first-order valence-corrected chi connectivity index (χ1v) is 9.60. The second-order valence-electron chi connectivity index (χ2n) is 6.53. The van der Waals surface area contributed by atoms with Crippen LogP contribution in [0.15, 0.2) is 51.7 Å². The fourth-order valence-electron chi connectivity index (χ4n) is 3.41. The maximum absolute atomic E-state index is 13.1. The van der Waals surface area contributed by atoms with Gasteiger partial charge in [0.05, 0.1) is 22.2 Å². The van der Waals surface area contributed by atoms with Crippen molar-refractivity contribution >= 4 is 50.1 Å². The van der Waals surface area contributed by atoms with Gasteiger partial charge in [0.15, 0.2) is 0 Å². The first kappa shape index (κ1) is 17.7. The Morgan fingerprint density at radius 2 is 1.93 bits per heavy atom. The van der Waals surface area contributed by atoms with Crippen LogP contribution in [0.3, 0.4) is 0 Å². The van der Waals surface area contributed by atoms with Crippen LogP contribution in [0.4, 0.5) is 5.69 Å². The van der Waals surface area contributed by atoms with Crippen molar-refractivity contribution in [1.82, 2.24) is 9.55 Å². The molecule has 0 atom stereocenters. The van der Waals surface area contributed by atoms with Crippen LogP contribution in [0, 0.1) is 0 Å². The molecular formula is C21H18BrN3O2. The first-order chi connectivity index (χ1) is 13.0. The SMILES string of the molecule is CCCN1C(=O)/C(=C\c2nc3ccccc3c(=O)n2C)c2cc(Br)ccc21. The highest BCUT2D eigenvalue weighted by atomic mass is 79.9. The van der Waals surface area contributed by atoms with E-state index >= 15 is 0 Å². The lowest BCUT2D eigenvalue weighted by atomic mass is 10.1. The van der Waals surface area contributed by atoms with Gasteiger partial charge in [0.2, 0.25) is 0 Å². The third-order valence-corrected chi connectivity index (χ3v) is 5.25. The molecule has 2 aromatic carbocycles. The molecule has 1 aliphatic rings. The van der Waals surface area contributed by atoms with E-state index in [9.17, 15) is 9.59 Å². The van der Waals surface area contributed by atoms with Crippen LogP contribution in [0.25, 0.3) is 22.6 Å². The van der Waals surface area contributed by atoms with Gasteiger partial charge in [-0.05, 0) is 42.8 Å². The molecule has 0 aliphatic carbocycles. The van der Waals surface area contributed by atoms with E-state index in [-0.39, 0.29) is 11.5 Å². The smallest absolute Gasteiger partial charge is 0.261 e. The minimum Gasteiger partial charge on any atom is -0.308 e. The van der Waals surface area contributed by atoms with Gasteiger partial charge in [-0.15, -0.1) is 0 Å². The zero-order valence-electron chi connectivity index (χ0n) is 15.1. The number of fused-ring (bicyclic) bond motifs is 2. The second kappa shape index (κ2) is 6.78. The molecule has 1 amide bonds. The number of hydrogen-bond donors (Lipinski definition) is 0. The van der Waals surface area contributed by atoms with E-state index in [1.54, 1.807) is 24.1 Å². The summed E-state index contributed by atoms with van der Waals surface area (Å²) in [7, 11) is 1.68. The molecule has 27 heavy (non-hydrogen) atoms. The molecular weight excluding hydrogens is 406 g/mol. The number of benzene rings is 2. The molecule has 1 aromatic heterocycles. The summed E-state index contributed by atoms with van der Waals surface area (Å²) in [6.45, 7) is 2.69. The lowest BCUT2D eigenvalue weighted by Gasteiger charge is -2.15. The monoisotopic (exact) mass is 423 g/mol. The summed E-state index contributed by atoms with van der Waals surface area (Å²) < 4.78 is 2.39. The van der Waals surface area contributed by atoms with E-state index in [4.69, 9.17) is 0 Å². The van der Waals surface area contributed by atoms with E-state index in [0.717, 1.165) is 22.1 Å². The zero-order chi connectivity index (χ0) is 19.1. The number of nitrogens with zero attached hydrogens (tertiary/aromatic N) is 3. The van der Waals surface area contributed by atoms with Crippen LogP contribution in [-0.4, -0.2) is 22.0 Å². The standard InChI is InChI=1S/C21H18BrN3O2/c1-3-10-25-18-9-8-13(22)11-15(18)16(21(25)27)12-19-23-17-7-5-4-6-14(17)20(26)24(19)2/h4-9,11-12H,3,10H2,1-2H3/b16-12-. The van der Waals surface area contributed by atoms with Gasteiger partial charge in [-0.3, -0.25) is 14.2 Å². The van der Waals surface area contributed by atoms with Crippen molar-refractivity contribution in [2.45, 2.75) is 13.3 Å². The average molecular weight is 424 g/mol. The quantitative estimate of drug-likeness (QED) is 0.598. The molecule has 1 aliphatic heterocycles. The number of para-hydroxylation sites is 1. The average Bonchev–Trinajstić information content (AvgIpc) is 2.91. The molecule has 0 saturated carbocycles. The van der Waals surface area contributed by atoms with E-state index in [1.807, 2.05) is 43.3 Å². The summed E-state index contributed by atoms with van der Waals surface area (Å²) in [6.07, 6.45) is 2.58. The predicted molar refractivity (Wildman–Crippen MR) is 112 cm³/mol. The highest BCUT2D eigenvalue weighted by Gasteiger charge is 2.32. The molecule has 136 valence electrons. The van der Waals surface area contributed by atoms with E-state index in [0.29, 0.717) is 28.8 Å². The molecule has 0 unspecified atom stereocenters. The molecule has 0 radical (unpaired) electrons. The molecule has 0 spiro atoms. The maximum atomic E-state index is 13.1. The normalized spacial score (nSPS) is 15.0. The minimum atomic E-state index is -0.127. The molecule has 0 fully saturated rings. The Morgan fingerprint density at radius 3 is 2.70 bits per heavy atom. The lowest BCUT2D eigenvalue weighted by Crippen LogP contribution is -2.27. The van der Waals surface area contributed by atoms with Crippen LogP contribution in [0.2, 0.25) is 0 Å². The van der Waals surface area contributed by atoms with Crippen LogP contribution >= 0.6 is 15.9 Å². The second-order valence-corrected chi connectivity index (χ2v) is 7.44. The van der Waals surface area contributed by atoms with Gasteiger partial charge in [-0.25, -0.2) is 4.98 Å². The highest BCUT2D eigenvalue weighted by molar-refractivity contribution is 9.10. The first-order valence-electron chi connectivity index (χ1n) is 8.80. The van der Waals surface area contributed by atoms with E-state index < -0.39 is 0 Å². The maximum Gasteiger partial charge on any atom is 0.261 e. The molecule has 5 nitrogen and oxygen atoms in total. The van der Waals surface area contributed by atoms with Crippen molar-refractivity contribution in [2.24, 2.45) is 7.05 Å². The fourth-order valence-corrected chi connectivity index (χ4v) is 3.77. The lowest BCUT2D eigenvalue weighted by molar-refractivity contribution is -0.113. The minimum absolute atomic E-state index is 0.0626.